The predicted octanol–water partition coefficient (Wildman–Crippen LogP) is 3.92. The number of ether oxygens (including phenoxy) is 2. The Balaban J connectivity index is 1.37. The highest BCUT2D eigenvalue weighted by molar-refractivity contribution is 6.46. The van der Waals surface area contributed by atoms with Crippen molar-refractivity contribution in [1.29, 1.82) is 0 Å². The molecule has 0 saturated carbocycles. The molecule has 8 heteroatoms. The van der Waals surface area contributed by atoms with E-state index in [4.69, 9.17) is 13.9 Å². The summed E-state index contributed by atoms with van der Waals surface area (Å²) in [6.07, 6.45) is 1.50. The first-order chi connectivity index (χ1) is 18.0. The number of aryl methyl sites for hydroxylation is 1. The maximum atomic E-state index is 13.1. The summed E-state index contributed by atoms with van der Waals surface area (Å²) >= 11 is 0. The van der Waals surface area contributed by atoms with Gasteiger partial charge in [0.05, 0.1) is 25.1 Å². The number of benzene rings is 2. The third kappa shape index (κ3) is 5.45. The number of carbonyl (C=O) groups excluding carboxylic acids is 2. The fourth-order valence-electron chi connectivity index (χ4n) is 4.76. The number of hydrogen-bond donors (Lipinski definition) is 1. The molecule has 0 radical (unpaired) electrons. The van der Waals surface area contributed by atoms with Crippen molar-refractivity contribution in [2.45, 2.75) is 19.6 Å². The van der Waals surface area contributed by atoms with E-state index in [9.17, 15) is 14.7 Å². The van der Waals surface area contributed by atoms with Crippen LogP contribution in [0.2, 0.25) is 0 Å². The van der Waals surface area contributed by atoms with Gasteiger partial charge in [-0.05, 0) is 48.9 Å². The number of furan rings is 1. The van der Waals surface area contributed by atoms with Gasteiger partial charge in [0.1, 0.15) is 29.9 Å². The van der Waals surface area contributed by atoms with Gasteiger partial charge in [0.2, 0.25) is 0 Å². The molecule has 0 spiro atoms. The average Bonchev–Trinajstić information content (AvgIpc) is 3.54. The second-order valence-corrected chi connectivity index (χ2v) is 9.26. The van der Waals surface area contributed by atoms with Crippen LogP contribution in [-0.4, -0.2) is 66.0 Å². The molecular weight excluding hydrogens is 472 g/mol. The van der Waals surface area contributed by atoms with E-state index in [1.165, 1.54) is 11.2 Å². The Morgan fingerprint density at radius 2 is 1.81 bits per heavy atom. The molecule has 3 aromatic rings. The first-order valence-electron chi connectivity index (χ1n) is 12.4. The normalized spacial score (nSPS) is 19.9. The van der Waals surface area contributed by atoms with Crippen LogP contribution in [0.15, 0.2) is 76.9 Å². The van der Waals surface area contributed by atoms with Crippen molar-refractivity contribution in [2.24, 2.45) is 0 Å². The van der Waals surface area contributed by atoms with Crippen molar-refractivity contribution in [3.05, 3.63) is 95.0 Å². The Labute approximate surface area is 215 Å². The van der Waals surface area contributed by atoms with Crippen LogP contribution in [0.3, 0.4) is 0 Å². The van der Waals surface area contributed by atoms with Gasteiger partial charge in [-0.1, -0.05) is 29.8 Å². The van der Waals surface area contributed by atoms with Gasteiger partial charge >= 0.3 is 0 Å². The molecule has 2 saturated heterocycles. The highest BCUT2D eigenvalue weighted by Crippen LogP contribution is 2.39. The molecule has 3 heterocycles. The van der Waals surface area contributed by atoms with Crippen molar-refractivity contribution in [3.8, 4) is 5.75 Å². The van der Waals surface area contributed by atoms with Gasteiger partial charge in [0.15, 0.2) is 0 Å². The van der Waals surface area contributed by atoms with E-state index in [1.54, 1.807) is 36.4 Å². The Bertz CT molecular complexity index is 1280. The number of carbonyl (C=O) groups is 2. The van der Waals surface area contributed by atoms with Gasteiger partial charge in [-0.2, -0.15) is 0 Å². The molecule has 5 rings (SSSR count). The van der Waals surface area contributed by atoms with E-state index in [0.29, 0.717) is 50.0 Å². The first-order valence-corrected chi connectivity index (χ1v) is 12.4. The smallest absolute Gasteiger partial charge is 0.295 e. The van der Waals surface area contributed by atoms with Gasteiger partial charge < -0.3 is 23.9 Å². The van der Waals surface area contributed by atoms with E-state index in [1.807, 2.05) is 25.1 Å². The summed E-state index contributed by atoms with van der Waals surface area (Å²) in [6.45, 7) is 6.21. The Morgan fingerprint density at radius 3 is 2.51 bits per heavy atom. The lowest BCUT2D eigenvalue weighted by molar-refractivity contribution is -0.140. The van der Waals surface area contributed by atoms with Crippen LogP contribution < -0.4 is 4.74 Å². The topological polar surface area (TPSA) is 92.5 Å². The molecule has 2 aliphatic rings. The Morgan fingerprint density at radius 1 is 1.03 bits per heavy atom. The highest BCUT2D eigenvalue weighted by Gasteiger charge is 2.47. The van der Waals surface area contributed by atoms with Crippen molar-refractivity contribution in [3.63, 3.8) is 0 Å². The SMILES string of the molecule is Cc1cccc(COc2ccc(/C(O)=C3\C(=O)C(=O)N(CCN4CCOCC4)C3c3ccco3)cc2)c1. The van der Waals surface area contributed by atoms with Gasteiger partial charge in [0, 0.05) is 31.7 Å². The second kappa shape index (κ2) is 11.0. The number of rotatable bonds is 8. The van der Waals surface area contributed by atoms with Crippen LogP contribution in [0.25, 0.3) is 5.76 Å². The minimum atomic E-state index is -0.798. The zero-order valence-electron chi connectivity index (χ0n) is 20.8. The van der Waals surface area contributed by atoms with Crippen molar-refractivity contribution >= 4 is 17.4 Å². The number of Topliss-reactive ketones (excluding diaryl/α,β-unsaturated/α-hetero) is 1. The third-order valence-electron chi connectivity index (χ3n) is 6.73. The molecule has 0 aliphatic carbocycles. The maximum absolute atomic E-state index is 13.1. The molecule has 2 fully saturated rings. The van der Waals surface area contributed by atoms with E-state index in [-0.39, 0.29) is 11.3 Å². The van der Waals surface area contributed by atoms with Gasteiger partial charge in [-0.3, -0.25) is 14.5 Å². The number of aliphatic hydroxyl groups excluding tert-OH is 1. The number of likely N-dealkylation sites (tertiary alicyclic amines) is 1. The van der Waals surface area contributed by atoms with E-state index in [2.05, 4.69) is 11.0 Å². The van der Waals surface area contributed by atoms with E-state index in [0.717, 1.165) is 24.2 Å². The number of ketones is 1. The van der Waals surface area contributed by atoms with Crippen LogP contribution in [-0.2, 0) is 20.9 Å². The number of nitrogens with zero attached hydrogens (tertiary/aromatic N) is 2. The zero-order valence-corrected chi connectivity index (χ0v) is 20.8. The second-order valence-electron chi connectivity index (χ2n) is 9.26. The quantitative estimate of drug-likeness (QED) is 0.284. The standard InChI is InChI=1S/C29H30N2O6/c1-20-4-2-5-21(18-20)19-37-23-9-7-22(8-10-23)27(32)25-26(24-6-3-15-36-24)31(29(34)28(25)33)12-11-30-13-16-35-17-14-30/h2-10,15,18,26,32H,11-14,16-17,19H2,1H3/b27-25+. The van der Waals surface area contributed by atoms with Crippen molar-refractivity contribution in [2.75, 3.05) is 39.4 Å². The summed E-state index contributed by atoms with van der Waals surface area (Å²) < 4.78 is 16.9. The zero-order chi connectivity index (χ0) is 25.8. The molecule has 8 nitrogen and oxygen atoms in total. The fraction of sp³-hybridized carbons (Fsp3) is 0.310. The third-order valence-corrected chi connectivity index (χ3v) is 6.73. The van der Waals surface area contributed by atoms with Gasteiger partial charge in [-0.15, -0.1) is 0 Å². The van der Waals surface area contributed by atoms with Crippen molar-refractivity contribution < 1.29 is 28.6 Å². The lowest BCUT2D eigenvalue weighted by Gasteiger charge is -2.30. The molecule has 2 aliphatic heterocycles. The number of aliphatic hydroxyl groups is 1. The first kappa shape index (κ1) is 24.8. The van der Waals surface area contributed by atoms with Crippen LogP contribution in [0.4, 0.5) is 0 Å². The summed E-state index contributed by atoms with van der Waals surface area (Å²) in [4.78, 5) is 29.9. The summed E-state index contributed by atoms with van der Waals surface area (Å²) in [5.41, 5.74) is 2.66. The maximum Gasteiger partial charge on any atom is 0.295 e. The van der Waals surface area contributed by atoms with E-state index >= 15 is 0 Å². The van der Waals surface area contributed by atoms with Gasteiger partial charge in [-0.25, -0.2) is 0 Å². The molecule has 0 bridgehead atoms. The lowest BCUT2D eigenvalue weighted by Crippen LogP contribution is -2.42. The number of morpholine rings is 1. The summed E-state index contributed by atoms with van der Waals surface area (Å²) in [7, 11) is 0. The van der Waals surface area contributed by atoms with E-state index < -0.39 is 17.7 Å². The molecule has 1 atom stereocenters. The molecule has 1 N–H and O–H groups in total. The van der Waals surface area contributed by atoms with Gasteiger partial charge in [0.25, 0.3) is 11.7 Å². The van der Waals surface area contributed by atoms with Crippen LogP contribution in [0.5, 0.6) is 5.75 Å². The number of hydrogen-bond acceptors (Lipinski definition) is 7. The minimum absolute atomic E-state index is 0.0235. The Kier molecular flexibility index (Phi) is 7.39. The average molecular weight is 503 g/mol. The molecule has 192 valence electrons. The molecule has 2 aromatic carbocycles. The molecule has 1 unspecified atom stereocenters. The largest absolute Gasteiger partial charge is 0.507 e. The summed E-state index contributed by atoms with van der Waals surface area (Å²) in [5.74, 6) is -0.540. The van der Waals surface area contributed by atoms with Crippen LogP contribution in [0, 0.1) is 6.92 Å². The predicted molar refractivity (Wildman–Crippen MR) is 137 cm³/mol. The van der Waals surface area contributed by atoms with Crippen LogP contribution >= 0.6 is 0 Å². The summed E-state index contributed by atoms with van der Waals surface area (Å²) in [6, 6.07) is 17.5. The van der Waals surface area contributed by atoms with Crippen molar-refractivity contribution in [1.82, 2.24) is 9.80 Å². The summed E-state index contributed by atoms with van der Waals surface area (Å²) in [5, 5.41) is 11.2. The van der Waals surface area contributed by atoms with Crippen LogP contribution in [0.1, 0.15) is 28.5 Å². The Hall–Kier alpha value is -3.88. The minimum Gasteiger partial charge on any atom is -0.507 e. The fourth-order valence-corrected chi connectivity index (χ4v) is 4.76. The molecule has 37 heavy (non-hydrogen) atoms. The molecule has 1 amide bonds. The molecular formula is C29H30N2O6. The molecule has 1 aromatic heterocycles. The monoisotopic (exact) mass is 502 g/mol. The number of amides is 1. The highest BCUT2D eigenvalue weighted by atomic mass is 16.5. The lowest BCUT2D eigenvalue weighted by atomic mass is 9.99.